The molecule has 132 valence electrons. The fourth-order valence-electron chi connectivity index (χ4n) is 2.27. The third-order valence-electron chi connectivity index (χ3n) is 3.52. The van der Waals surface area contributed by atoms with Gasteiger partial charge in [0.25, 0.3) is 11.1 Å². The second kappa shape index (κ2) is 8.07. The number of para-hydroxylation sites is 1. The molecule has 26 heavy (non-hydrogen) atoms. The zero-order valence-corrected chi connectivity index (χ0v) is 16.4. The molecular formula is C18H12BrClN2O3S. The topological polar surface area (TPSA) is 66.5 Å². The first kappa shape index (κ1) is 18.7. The zero-order chi connectivity index (χ0) is 18.7. The van der Waals surface area contributed by atoms with Crippen LogP contribution in [0.3, 0.4) is 0 Å². The zero-order valence-electron chi connectivity index (χ0n) is 13.2. The predicted molar refractivity (Wildman–Crippen MR) is 107 cm³/mol. The highest BCUT2D eigenvalue weighted by Crippen LogP contribution is 2.33. The van der Waals surface area contributed by atoms with Crippen LogP contribution in [0, 0.1) is 0 Å². The summed E-state index contributed by atoms with van der Waals surface area (Å²) in [4.78, 5) is 38.0. The molecule has 1 saturated heterocycles. The molecule has 1 N–H and O–H groups in total. The molecular weight excluding hydrogens is 440 g/mol. The molecule has 0 unspecified atom stereocenters. The lowest BCUT2D eigenvalue weighted by Gasteiger charge is -2.13. The van der Waals surface area contributed by atoms with Gasteiger partial charge in [0.2, 0.25) is 5.91 Å². The largest absolute Gasteiger partial charge is 0.323 e. The quantitative estimate of drug-likeness (QED) is 0.680. The molecule has 0 bridgehead atoms. The van der Waals surface area contributed by atoms with Gasteiger partial charge in [0.05, 0.1) is 15.6 Å². The van der Waals surface area contributed by atoms with Crippen LogP contribution < -0.4 is 5.32 Å². The maximum atomic E-state index is 12.5. The smallest absolute Gasteiger partial charge is 0.294 e. The van der Waals surface area contributed by atoms with Crippen LogP contribution in [-0.2, 0) is 9.59 Å². The first-order valence-corrected chi connectivity index (χ1v) is 9.49. The molecule has 5 nitrogen and oxygen atoms in total. The van der Waals surface area contributed by atoms with E-state index in [9.17, 15) is 14.4 Å². The Morgan fingerprint density at radius 3 is 2.58 bits per heavy atom. The van der Waals surface area contributed by atoms with E-state index >= 15 is 0 Å². The number of hydrogen-bond acceptors (Lipinski definition) is 4. The summed E-state index contributed by atoms with van der Waals surface area (Å²) in [5.41, 5.74) is 1.20. The molecule has 0 saturated carbocycles. The van der Waals surface area contributed by atoms with Crippen molar-refractivity contribution in [3.05, 3.63) is 68.5 Å². The average molecular weight is 452 g/mol. The Balaban J connectivity index is 1.72. The van der Waals surface area contributed by atoms with Gasteiger partial charge < -0.3 is 5.32 Å². The van der Waals surface area contributed by atoms with E-state index in [0.29, 0.717) is 10.7 Å². The minimum Gasteiger partial charge on any atom is -0.323 e. The monoisotopic (exact) mass is 450 g/mol. The van der Waals surface area contributed by atoms with Crippen LogP contribution in [0.4, 0.5) is 10.5 Å². The summed E-state index contributed by atoms with van der Waals surface area (Å²) in [6.45, 7) is -0.372. The van der Waals surface area contributed by atoms with Gasteiger partial charge in [-0.15, -0.1) is 0 Å². The maximum absolute atomic E-state index is 12.5. The lowest BCUT2D eigenvalue weighted by atomic mass is 10.2. The molecule has 0 atom stereocenters. The molecule has 1 heterocycles. The van der Waals surface area contributed by atoms with Gasteiger partial charge in [0.15, 0.2) is 0 Å². The molecule has 1 fully saturated rings. The van der Waals surface area contributed by atoms with Crippen molar-refractivity contribution in [1.82, 2.24) is 4.90 Å². The van der Waals surface area contributed by atoms with Crippen LogP contribution in [0.5, 0.6) is 0 Å². The number of hydrogen-bond donors (Lipinski definition) is 1. The Kier molecular flexibility index (Phi) is 5.80. The number of thioether (sulfide) groups is 1. The fraction of sp³-hybridized carbons (Fsp3) is 0.0556. The fourth-order valence-corrected chi connectivity index (χ4v) is 3.68. The predicted octanol–water partition coefficient (Wildman–Crippen LogP) is 4.78. The number of imide groups is 1. The molecule has 8 heteroatoms. The van der Waals surface area contributed by atoms with Crippen LogP contribution in [0.2, 0.25) is 5.02 Å². The number of carbonyl (C=O) groups excluding carboxylic acids is 3. The molecule has 0 spiro atoms. The van der Waals surface area contributed by atoms with Gasteiger partial charge in [-0.2, -0.15) is 0 Å². The molecule has 1 aliphatic rings. The molecule has 2 aromatic rings. The minimum absolute atomic E-state index is 0.271. The maximum Gasteiger partial charge on any atom is 0.294 e. The molecule has 0 aromatic heterocycles. The van der Waals surface area contributed by atoms with Crippen LogP contribution in [0.15, 0.2) is 57.9 Å². The number of nitrogens with one attached hydrogen (secondary N) is 1. The second-order valence-electron chi connectivity index (χ2n) is 5.32. The van der Waals surface area contributed by atoms with Crippen molar-refractivity contribution in [3.63, 3.8) is 0 Å². The Labute approximate surface area is 167 Å². The number of benzene rings is 2. The summed E-state index contributed by atoms with van der Waals surface area (Å²) in [7, 11) is 0. The van der Waals surface area contributed by atoms with Crippen LogP contribution in [0.25, 0.3) is 6.08 Å². The lowest BCUT2D eigenvalue weighted by molar-refractivity contribution is -0.127. The van der Waals surface area contributed by atoms with Crippen LogP contribution in [-0.4, -0.2) is 28.5 Å². The first-order valence-electron chi connectivity index (χ1n) is 7.50. The number of nitrogens with zero attached hydrogens (tertiary/aromatic N) is 1. The van der Waals surface area contributed by atoms with Gasteiger partial charge in [0, 0.05) is 4.47 Å². The summed E-state index contributed by atoms with van der Waals surface area (Å²) in [5.74, 6) is -0.993. The Morgan fingerprint density at radius 2 is 1.85 bits per heavy atom. The van der Waals surface area contributed by atoms with Gasteiger partial charge in [-0.1, -0.05) is 57.9 Å². The van der Waals surface area contributed by atoms with Crippen molar-refractivity contribution in [3.8, 4) is 0 Å². The van der Waals surface area contributed by atoms with Crippen LogP contribution in [0.1, 0.15) is 5.56 Å². The highest BCUT2D eigenvalue weighted by atomic mass is 79.9. The molecule has 3 rings (SSSR count). The first-order chi connectivity index (χ1) is 12.5. The normalized spacial score (nSPS) is 15.6. The molecule has 2 aromatic carbocycles. The average Bonchev–Trinajstić information content (AvgIpc) is 2.86. The van der Waals surface area contributed by atoms with E-state index in [1.165, 1.54) is 0 Å². The molecule has 0 aliphatic carbocycles. The lowest BCUT2D eigenvalue weighted by Crippen LogP contribution is -2.36. The molecule has 0 radical (unpaired) electrons. The van der Waals surface area contributed by atoms with Crippen molar-refractivity contribution in [2.24, 2.45) is 0 Å². The SMILES string of the molecule is O=C(CN1C(=O)S/C(=C/c2ccccc2Br)C1=O)Nc1ccccc1Cl. The van der Waals surface area contributed by atoms with E-state index in [2.05, 4.69) is 21.2 Å². The number of anilines is 1. The minimum atomic E-state index is -0.498. The second-order valence-corrected chi connectivity index (χ2v) is 7.57. The van der Waals surface area contributed by atoms with Crippen molar-refractivity contribution < 1.29 is 14.4 Å². The van der Waals surface area contributed by atoms with Gasteiger partial charge in [-0.25, -0.2) is 0 Å². The van der Waals surface area contributed by atoms with Gasteiger partial charge in [0.1, 0.15) is 6.54 Å². The van der Waals surface area contributed by atoms with E-state index < -0.39 is 17.1 Å². The number of amides is 3. The summed E-state index contributed by atoms with van der Waals surface area (Å²) in [6.07, 6.45) is 1.63. The highest BCUT2D eigenvalue weighted by molar-refractivity contribution is 9.10. The van der Waals surface area contributed by atoms with E-state index in [0.717, 1.165) is 26.7 Å². The Bertz CT molecular complexity index is 932. The summed E-state index contributed by atoms with van der Waals surface area (Å²) < 4.78 is 0.809. The number of halogens is 2. The Morgan fingerprint density at radius 1 is 1.15 bits per heavy atom. The van der Waals surface area contributed by atoms with Crippen molar-refractivity contribution >= 4 is 68.1 Å². The van der Waals surface area contributed by atoms with Gasteiger partial charge in [-0.3, -0.25) is 19.3 Å². The van der Waals surface area contributed by atoms with Gasteiger partial charge in [-0.05, 0) is 41.6 Å². The number of rotatable bonds is 4. The summed E-state index contributed by atoms with van der Waals surface area (Å²) >= 11 is 10.2. The van der Waals surface area contributed by atoms with Crippen molar-refractivity contribution in [2.45, 2.75) is 0 Å². The van der Waals surface area contributed by atoms with E-state index in [-0.39, 0.29) is 11.4 Å². The van der Waals surface area contributed by atoms with E-state index in [4.69, 9.17) is 11.6 Å². The summed E-state index contributed by atoms with van der Waals surface area (Å²) in [6, 6.07) is 14.1. The van der Waals surface area contributed by atoms with E-state index in [1.807, 2.05) is 24.3 Å². The highest BCUT2D eigenvalue weighted by Gasteiger charge is 2.36. The standard InChI is InChI=1S/C18H12BrClN2O3S/c19-12-6-2-1-5-11(12)9-15-17(24)22(18(25)26-15)10-16(23)21-14-8-4-3-7-13(14)20/h1-9H,10H2,(H,21,23)/b15-9+. The van der Waals surface area contributed by atoms with Crippen molar-refractivity contribution in [2.75, 3.05) is 11.9 Å². The summed E-state index contributed by atoms with van der Waals surface area (Å²) in [5, 5.41) is 2.49. The van der Waals surface area contributed by atoms with Gasteiger partial charge >= 0.3 is 0 Å². The molecule has 1 aliphatic heterocycles. The Hall–Kier alpha value is -2.09. The molecule has 3 amide bonds. The van der Waals surface area contributed by atoms with Crippen molar-refractivity contribution in [1.29, 1.82) is 0 Å². The van der Waals surface area contributed by atoms with Crippen LogP contribution >= 0.6 is 39.3 Å². The van der Waals surface area contributed by atoms with E-state index in [1.54, 1.807) is 30.3 Å². The number of carbonyl (C=O) groups is 3. The third kappa shape index (κ3) is 4.17. The third-order valence-corrected chi connectivity index (χ3v) is 5.47.